The largest absolute Gasteiger partial charge is 0.123 e. The van der Waals surface area contributed by atoms with E-state index >= 15 is 0 Å². The van der Waals surface area contributed by atoms with Crippen LogP contribution in [0, 0.1) is 0 Å². The van der Waals surface area contributed by atoms with Crippen molar-refractivity contribution >= 4 is 27.5 Å². The molecule has 0 N–H and O–H groups in total. The van der Waals surface area contributed by atoms with Gasteiger partial charge in [-0.2, -0.15) is 0 Å². The van der Waals surface area contributed by atoms with Gasteiger partial charge in [-0.25, -0.2) is 0 Å². The second-order valence-corrected chi connectivity index (χ2v) is 4.69. The Labute approximate surface area is 90.2 Å². The van der Waals surface area contributed by atoms with E-state index in [9.17, 15) is 0 Å². The van der Waals surface area contributed by atoms with Gasteiger partial charge in [-0.15, -0.1) is 11.6 Å². The highest BCUT2D eigenvalue weighted by atomic mass is 79.9. The molecule has 0 amide bonds. The fraction of sp³-hybridized carbons (Fsp3) is 1.00. The molecule has 0 aromatic heterocycles. The maximum atomic E-state index is 6.12. The van der Waals surface area contributed by atoms with Crippen LogP contribution in [0.2, 0.25) is 0 Å². The molecular weight excluding hydrogens is 235 g/mol. The van der Waals surface area contributed by atoms with Crippen LogP contribution in [0.4, 0.5) is 0 Å². The van der Waals surface area contributed by atoms with Gasteiger partial charge in [0.05, 0.1) is 0 Å². The Morgan fingerprint density at radius 1 is 1.08 bits per heavy atom. The summed E-state index contributed by atoms with van der Waals surface area (Å²) >= 11 is 9.53. The molecule has 12 heavy (non-hydrogen) atoms. The number of unbranched alkanes of at least 4 members (excludes halogenated alkanes) is 3. The molecule has 0 aliphatic heterocycles. The van der Waals surface area contributed by atoms with Crippen molar-refractivity contribution in [2.45, 2.75) is 57.2 Å². The molecule has 0 bridgehead atoms. The molecule has 0 aliphatic rings. The summed E-state index contributed by atoms with van der Waals surface area (Å²) in [4.78, 5) is 0. The zero-order valence-corrected chi connectivity index (χ0v) is 10.3. The summed E-state index contributed by atoms with van der Waals surface area (Å²) in [5.74, 6) is 0. The summed E-state index contributed by atoms with van der Waals surface area (Å²) in [5.41, 5.74) is 0. The first kappa shape index (κ1) is 12.8. The van der Waals surface area contributed by atoms with Gasteiger partial charge in [0, 0.05) is 10.7 Å². The first-order valence-corrected chi connectivity index (χ1v) is 6.57. The van der Waals surface area contributed by atoms with Crippen LogP contribution in [0.25, 0.3) is 0 Å². The van der Waals surface area contributed by atoms with Gasteiger partial charge in [0.2, 0.25) is 0 Å². The Hall–Kier alpha value is 0.770. The molecular formula is C10H20BrCl. The smallest absolute Gasteiger partial charge is 0.0336 e. The number of alkyl halides is 2. The number of rotatable bonds is 8. The van der Waals surface area contributed by atoms with Crippen LogP contribution < -0.4 is 0 Å². The number of halogens is 2. The molecule has 0 saturated carbocycles. The maximum absolute atomic E-state index is 6.12. The Morgan fingerprint density at radius 2 is 1.75 bits per heavy atom. The van der Waals surface area contributed by atoms with Crippen LogP contribution >= 0.6 is 27.5 Å². The van der Waals surface area contributed by atoms with Crippen LogP contribution in [0.5, 0.6) is 0 Å². The average Bonchev–Trinajstić information content (AvgIpc) is 2.09. The zero-order valence-electron chi connectivity index (χ0n) is 7.99. The highest BCUT2D eigenvalue weighted by Crippen LogP contribution is 2.15. The first-order chi connectivity index (χ1) is 5.81. The average molecular weight is 256 g/mol. The molecule has 0 rings (SSSR count). The fourth-order valence-electron chi connectivity index (χ4n) is 1.24. The summed E-state index contributed by atoms with van der Waals surface area (Å²) in [6.45, 7) is 2.24. The molecule has 74 valence electrons. The summed E-state index contributed by atoms with van der Waals surface area (Å²) < 4.78 is 0. The van der Waals surface area contributed by atoms with Crippen LogP contribution in [-0.4, -0.2) is 10.7 Å². The van der Waals surface area contributed by atoms with Crippen molar-refractivity contribution in [3.8, 4) is 0 Å². The van der Waals surface area contributed by atoms with Gasteiger partial charge >= 0.3 is 0 Å². The summed E-state index contributed by atoms with van der Waals surface area (Å²) in [6.07, 6.45) is 8.92. The van der Waals surface area contributed by atoms with Gasteiger partial charge in [-0.1, -0.05) is 48.5 Å². The van der Waals surface area contributed by atoms with E-state index in [1.807, 2.05) is 0 Å². The van der Waals surface area contributed by atoms with E-state index < -0.39 is 0 Å². The highest BCUT2D eigenvalue weighted by Gasteiger charge is 2.02. The Balaban J connectivity index is 3.02. The van der Waals surface area contributed by atoms with Crippen molar-refractivity contribution in [3.05, 3.63) is 0 Å². The number of hydrogen-bond acceptors (Lipinski definition) is 0. The van der Waals surface area contributed by atoms with E-state index in [-0.39, 0.29) is 0 Å². The molecule has 0 fully saturated rings. The molecule has 1 atom stereocenters. The predicted molar refractivity (Wildman–Crippen MR) is 61.4 cm³/mol. The van der Waals surface area contributed by atoms with Crippen LogP contribution in [0.3, 0.4) is 0 Å². The quantitative estimate of drug-likeness (QED) is 0.434. The van der Waals surface area contributed by atoms with E-state index in [4.69, 9.17) is 11.6 Å². The summed E-state index contributed by atoms with van der Waals surface area (Å²) in [6, 6.07) is 0. The van der Waals surface area contributed by atoms with Crippen LogP contribution in [0.1, 0.15) is 51.9 Å². The maximum Gasteiger partial charge on any atom is 0.0336 e. The van der Waals surface area contributed by atoms with E-state index in [2.05, 4.69) is 22.9 Å². The highest BCUT2D eigenvalue weighted by molar-refractivity contribution is 9.09. The molecule has 0 aromatic rings. The van der Waals surface area contributed by atoms with Crippen LogP contribution in [-0.2, 0) is 0 Å². The molecule has 0 radical (unpaired) electrons. The third kappa shape index (κ3) is 8.86. The minimum Gasteiger partial charge on any atom is -0.123 e. The molecule has 0 aromatic carbocycles. The number of hydrogen-bond donors (Lipinski definition) is 0. The van der Waals surface area contributed by atoms with Gasteiger partial charge < -0.3 is 0 Å². The predicted octanol–water partition coefficient (Wildman–Crippen LogP) is 4.74. The van der Waals surface area contributed by atoms with Crippen molar-refractivity contribution in [1.82, 2.24) is 0 Å². The Kier molecular flexibility index (Phi) is 10.5. The molecule has 0 nitrogen and oxygen atoms in total. The van der Waals surface area contributed by atoms with E-state index in [0.29, 0.717) is 5.38 Å². The molecule has 0 saturated heterocycles. The first-order valence-electron chi connectivity index (χ1n) is 5.01. The van der Waals surface area contributed by atoms with Crippen LogP contribution in [0.15, 0.2) is 0 Å². The van der Waals surface area contributed by atoms with Crippen molar-refractivity contribution in [2.75, 3.05) is 5.33 Å². The van der Waals surface area contributed by atoms with Gasteiger partial charge in [0.15, 0.2) is 0 Å². The monoisotopic (exact) mass is 254 g/mol. The zero-order chi connectivity index (χ0) is 9.23. The molecule has 0 spiro atoms. The third-order valence-corrected chi connectivity index (χ3v) is 3.02. The standard InChI is InChI=1S/C10H20BrCl/c1-2-3-4-5-7-10(12)8-6-9-11/h10H,2-9H2,1H3. The lowest BCUT2D eigenvalue weighted by molar-refractivity contribution is 0.592. The normalized spacial score (nSPS) is 13.2. The lowest BCUT2D eigenvalue weighted by Crippen LogP contribution is -1.98. The van der Waals surface area contributed by atoms with Crippen molar-refractivity contribution in [2.24, 2.45) is 0 Å². The SMILES string of the molecule is CCCCCCC(Cl)CCCBr. The second-order valence-electron chi connectivity index (χ2n) is 3.28. The van der Waals surface area contributed by atoms with Gasteiger partial charge in [-0.05, 0) is 19.3 Å². The van der Waals surface area contributed by atoms with E-state index in [1.165, 1.54) is 44.9 Å². The Morgan fingerprint density at radius 3 is 2.33 bits per heavy atom. The molecule has 1 unspecified atom stereocenters. The van der Waals surface area contributed by atoms with E-state index in [1.54, 1.807) is 0 Å². The topological polar surface area (TPSA) is 0 Å². The van der Waals surface area contributed by atoms with Crippen molar-refractivity contribution in [3.63, 3.8) is 0 Å². The fourth-order valence-corrected chi connectivity index (χ4v) is 1.87. The van der Waals surface area contributed by atoms with Crippen molar-refractivity contribution < 1.29 is 0 Å². The lowest BCUT2D eigenvalue weighted by atomic mass is 10.1. The minimum atomic E-state index is 0.416. The van der Waals surface area contributed by atoms with E-state index in [0.717, 1.165) is 5.33 Å². The minimum absolute atomic E-state index is 0.416. The second kappa shape index (κ2) is 9.85. The molecule has 2 heteroatoms. The van der Waals surface area contributed by atoms with Gasteiger partial charge in [0.1, 0.15) is 0 Å². The lowest BCUT2D eigenvalue weighted by Gasteiger charge is -2.07. The molecule has 0 aliphatic carbocycles. The molecule has 0 heterocycles. The van der Waals surface area contributed by atoms with Gasteiger partial charge in [-0.3, -0.25) is 0 Å². The summed E-state index contributed by atoms with van der Waals surface area (Å²) in [7, 11) is 0. The summed E-state index contributed by atoms with van der Waals surface area (Å²) in [5, 5.41) is 1.50. The Bertz CT molecular complexity index is 85.9. The van der Waals surface area contributed by atoms with Gasteiger partial charge in [0.25, 0.3) is 0 Å². The van der Waals surface area contributed by atoms with Crippen molar-refractivity contribution in [1.29, 1.82) is 0 Å². The third-order valence-electron chi connectivity index (χ3n) is 2.02.